The number of benzene rings is 1. The molecule has 1 N–H and O–H groups in total. The van der Waals surface area contributed by atoms with Crippen molar-refractivity contribution in [2.24, 2.45) is 5.92 Å². The zero-order valence-corrected chi connectivity index (χ0v) is 12.3. The third kappa shape index (κ3) is 3.38. The number of carbonyl (C=O) groups is 1. The van der Waals surface area contributed by atoms with Crippen LogP contribution in [0.1, 0.15) is 38.2 Å². The van der Waals surface area contributed by atoms with Crippen LogP contribution < -0.4 is 14.8 Å². The molecule has 4 heteroatoms. The Bertz CT molecular complexity index is 553. The molecule has 0 radical (unpaired) electrons. The van der Waals surface area contributed by atoms with Crippen LogP contribution >= 0.6 is 0 Å². The van der Waals surface area contributed by atoms with Crippen LogP contribution in [-0.4, -0.2) is 18.7 Å². The number of nitrogens with one attached hydrogen (secondary N) is 1. The van der Waals surface area contributed by atoms with Crippen molar-refractivity contribution in [2.45, 2.75) is 38.6 Å². The second kappa shape index (κ2) is 6.20. The Labute approximate surface area is 125 Å². The number of rotatable bonds is 3. The van der Waals surface area contributed by atoms with Gasteiger partial charge in [0.1, 0.15) is 0 Å². The predicted octanol–water partition coefficient (Wildman–Crippen LogP) is 3.12. The lowest BCUT2D eigenvalue weighted by molar-refractivity contribution is -0.117. The molecule has 0 bridgehead atoms. The number of hydrogen-bond donors (Lipinski definition) is 1. The summed E-state index contributed by atoms with van der Waals surface area (Å²) in [5.41, 5.74) is 0.936. The largest absolute Gasteiger partial charge is 0.454 e. The highest BCUT2D eigenvalue weighted by Crippen LogP contribution is 2.32. The molecule has 1 aromatic carbocycles. The Hall–Kier alpha value is -1.97. The van der Waals surface area contributed by atoms with Crippen LogP contribution in [0.25, 0.3) is 6.08 Å². The minimum atomic E-state index is -0.0218. The van der Waals surface area contributed by atoms with Gasteiger partial charge in [0.2, 0.25) is 12.7 Å². The number of hydrogen-bond acceptors (Lipinski definition) is 3. The second-order valence-corrected chi connectivity index (χ2v) is 5.82. The Morgan fingerprint density at radius 1 is 1.24 bits per heavy atom. The monoisotopic (exact) mass is 287 g/mol. The second-order valence-electron chi connectivity index (χ2n) is 5.82. The van der Waals surface area contributed by atoms with E-state index in [2.05, 4.69) is 12.2 Å². The van der Waals surface area contributed by atoms with Gasteiger partial charge in [-0.25, -0.2) is 0 Å². The van der Waals surface area contributed by atoms with Crippen molar-refractivity contribution in [2.75, 3.05) is 6.79 Å². The molecule has 1 fully saturated rings. The van der Waals surface area contributed by atoms with E-state index < -0.39 is 0 Å². The molecule has 1 heterocycles. The fraction of sp³-hybridized carbons (Fsp3) is 0.471. The Morgan fingerprint density at radius 2 is 2.05 bits per heavy atom. The summed E-state index contributed by atoms with van der Waals surface area (Å²) in [5, 5.41) is 3.11. The van der Waals surface area contributed by atoms with Crippen molar-refractivity contribution in [3.63, 3.8) is 0 Å². The highest BCUT2D eigenvalue weighted by Gasteiger charge is 2.21. The molecule has 0 unspecified atom stereocenters. The third-order valence-electron chi connectivity index (χ3n) is 4.26. The van der Waals surface area contributed by atoms with E-state index in [0.29, 0.717) is 12.0 Å². The van der Waals surface area contributed by atoms with Crippen molar-refractivity contribution in [1.82, 2.24) is 5.32 Å². The van der Waals surface area contributed by atoms with Gasteiger partial charge in [-0.3, -0.25) is 4.79 Å². The Morgan fingerprint density at radius 3 is 2.90 bits per heavy atom. The molecule has 1 aliphatic carbocycles. The minimum Gasteiger partial charge on any atom is -0.454 e. The molecule has 2 aliphatic rings. The van der Waals surface area contributed by atoms with Gasteiger partial charge in [0.15, 0.2) is 11.5 Å². The van der Waals surface area contributed by atoms with Gasteiger partial charge in [-0.05, 0) is 42.5 Å². The topological polar surface area (TPSA) is 47.6 Å². The molecule has 21 heavy (non-hydrogen) atoms. The predicted molar refractivity (Wildman–Crippen MR) is 81.2 cm³/mol. The van der Waals surface area contributed by atoms with Gasteiger partial charge in [-0.15, -0.1) is 0 Å². The van der Waals surface area contributed by atoms with E-state index >= 15 is 0 Å². The van der Waals surface area contributed by atoms with E-state index in [-0.39, 0.29) is 12.7 Å². The summed E-state index contributed by atoms with van der Waals surface area (Å²) in [7, 11) is 0. The number of fused-ring (bicyclic) bond motifs is 1. The minimum absolute atomic E-state index is 0.0218. The molecular weight excluding hydrogens is 266 g/mol. The van der Waals surface area contributed by atoms with Crippen molar-refractivity contribution >= 4 is 12.0 Å². The summed E-state index contributed by atoms with van der Waals surface area (Å²) in [6, 6.07) is 5.98. The summed E-state index contributed by atoms with van der Waals surface area (Å²) in [5.74, 6) is 2.04. The van der Waals surface area contributed by atoms with Gasteiger partial charge in [-0.2, -0.15) is 0 Å². The van der Waals surface area contributed by atoms with Crippen LogP contribution in [0, 0.1) is 5.92 Å². The highest BCUT2D eigenvalue weighted by molar-refractivity contribution is 5.92. The van der Waals surface area contributed by atoms with Crippen LogP contribution in [-0.2, 0) is 4.79 Å². The van der Waals surface area contributed by atoms with Crippen molar-refractivity contribution in [3.8, 4) is 11.5 Å². The summed E-state index contributed by atoms with van der Waals surface area (Å²) < 4.78 is 10.6. The average molecular weight is 287 g/mol. The van der Waals surface area contributed by atoms with Crippen LogP contribution in [0.15, 0.2) is 24.3 Å². The number of amides is 1. The fourth-order valence-corrected chi connectivity index (χ4v) is 2.95. The van der Waals surface area contributed by atoms with Gasteiger partial charge >= 0.3 is 0 Å². The molecule has 1 aliphatic heterocycles. The molecule has 112 valence electrons. The van der Waals surface area contributed by atoms with Crippen LogP contribution in [0.4, 0.5) is 0 Å². The first kappa shape index (κ1) is 14.0. The normalized spacial score (nSPS) is 24.2. The standard InChI is InChI=1S/C17H21NO3/c1-12-4-2-3-5-14(12)18-17(19)9-7-13-6-8-15-16(10-13)21-11-20-15/h6-10,12,14H,2-5,11H2,1H3,(H,18,19)/b9-7+/t12-,14+/m0/s1. The summed E-state index contributed by atoms with van der Waals surface area (Å²) in [6.07, 6.45) is 8.19. The van der Waals surface area contributed by atoms with E-state index in [1.165, 1.54) is 19.3 Å². The van der Waals surface area contributed by atoms with E-state index in [1.807, 2.05) is 24.3 Å². The van der Waals surface area contributed by atoms with E-state index in [9.17, 15) is 4.79 Å². The maximum Gasteiger partial charge on any atom is 0.244 e. The molecule has 1 saturated carbocycles. The van der Waals surface area contributed by atoms with Crippen LogP contribution in [0.3, 0.4) is 0 Å². The summed E-state index contributed by atoms with van der Waals surface area (Å²) in [4.78, 5) is 12.0. The lowest BCUT2D eigenvalue weighted by atomic mass is 9.86. The van der Waals surface area contributed by atoms with E-state index in [0.717, 1.165) is 23.5 Å². The lowest BCUT2D eigenvalue weighted by Gasteiger charge is -2.29. The number of ether oxygens (including phenoxy) is 2. The molecule has 0 spiro atoms. The Kier molecular flexibility index (Phi) is 4.13. The maximum absolute atomic E-state index is 12.0. The quantitative estimate of drug-likeness (QED) is 0.869. The molecule has 2 atom stereocenters. The van der Waals surface area contributed by atoms with E-state index in [4.69, 9.17) is 9.47 Å². The van der Waals surface area contributed by atoms with Gasteiger partial charge in [0.05, 0.1) is 0 Å². The summed E-state index contributed by atoms with van der Waals surface area (Å²) >= 11 is 0. The molecule has 0 saturated heterocycles. The maximum atomic E-state index is 12.0. The molecule has 1 amide bonds. The first-order chi connectivity index (χ1) is 10.2. The van der Waals surface area contributed by atoms with E-state index in [1.54, 1.807) is 6.08 Å². The van der Waals surface area contributed by atoms with Crippen LogP contribution in [0.5, 0.6) is 11.5 Å². The van der Waals surface area contributed by atoms with Crippen molar-refractivity contribution in [1.29, 1.82) is 0 Å². The first-order valence-corrected chi connectivity index (χ1v) is 7.60. The molecule has 1 aromatic rings. The van der Waals surface area contributed by atoms with Gasteiger partial charge in [-0.1, -0.05) is 25.8 Å². The molecule has 0 aromatic heterocycles. The van der Waals surface area contributed by atoms with Crippen molar-refractivity contribution < 1.29 is 14.3 Å². The molecular formula is C17H21NO3. The third-order valence-corrected chi connectivity index (χ3v) is 4.26. The lowest BCUT2D eigenvalue weighted by Crippen LogP contribution is -2.40. The summed E-state index contributed by atoms with van der Waals surface area (Å²) in [6.45, 7) is 2.48. The zero-order chi connectivity index (χ0) is 14.7. The fourth-order valence-electron chi connectivity index (χ4n) is 2.95. The average Bonchev–Trinajstić information content (AvgIpc) is 2.95. The SMILES string of the molecule is C[C@H]1CCCC[C@H]1NC(=O)/C=C/c1ccc2c(c1)OCO2. The van der Waals surface area contributed by atoms with Gasteiger partial charge in [0, 0.05) is 12.1 Å². The van der Waals surface area contributed by atoms with Gasteiger partial charge in [0.25, 0.3) is 0 Å². The Balaban J connectivity index is 1.59. The van der Waals surface area contributed by atoms with Crippen LogP contribution in [0.2, 0.25) is 0 Å². The van der Waals surface area contributed by atoms with Gasteiger partial charge < -0.3 is 14.8 Å². The number of carbonyl (C=O) groups excluding carboxylic acids is 1. The van der Waals surface area contributed by atoms with Crippen molar-refractivity contribution in [3.05, 3.63) is 29.8 Å². The first-order valence-electron chi connectivity index (χ1n) is 7.60. The molecule has 3 rings (SSSR count). The zero-order valence-electron chi connectivity index (χ0n) is 12.3. The molecule has 4 nitrogen and oxygen atoms in total. The smallest absolute Gasteiger partial charge is 0.244 e. The highest BCUT2D eigenvalue weighted by atomic mass is 16.7.